The molecule has 0 aliphatic rings. The van der Waals surface area contributed by atoms with Crippen LogP contribution in [0.25, 0.3) is 0 Å². The zero-order chi connectivity index (χ0) is 17.7. The summed E-state index contributed by atoms with van der Waals surface area (Å²) in [5.74, 6) is -0.306. The van der Waals surface area contributed by atoms with Gasteiger partial charge in [-0.15, -0.1) is 0 Å². The van der Waals surface area contributed by atoms with E-state index < -0.39 is 10.0 Å². The Morgan fingerprint density at radius 3 is 2.25 bits per heavy atom. The second-order valence-electron chi connectivity index (χ2n) is 5.09. The van der Waals surface area contributed by atoms with E-state index in [4.69, 9.17) is 4.74 Å². The largest absolute Gasteiger partial charge is 0.375 e. The van der Waals surface area contributed by atoms with Gasteiger partial charge in [0.1, 0.15) is 6.61 Å². The standard InChI is InChI=1S/C15H18N4O4S/c1-10-8-11(2)17-15(16-10)19-24(21,22)13-6-4-12(5-7-13)18-14(20)9-23-3/h4-8H,9H2,1-3H3,(H,18,20)(H,16,17,19). The minimum atomic E-state index is -3.81. The van der Waals surface area contributed by atoms with E-state index in [0.29, 0.717) is 17.1 Å². The van der Waals surface area contributed by atoms with Gasteiger partial charge in [-0.3, -0.25) is 4.79 Å². The fraction of sp³-hybridized carbons (Fsp3) is 0.267. The summed E-state index contributed by atoms with van der Waals surface area (Å²) < 4.78 is 31.8. The molecule has 0 aliphatic carbocycles. The lowest BCUT2D eigenvalue weighted by molar-refractivity contribution is -0.119. The second kappa shape index (κ2) is 7.37. The van der Waals surface area contributed by atoms with Crippen molar-refractivity contribution in [2.75, 3.05) is 23.8 Å². The summed E-state index contributed by atoms with van der Waals surface area (Å²) in [5.41, 5.74) is 1.80. The number of nitrogens with one attached hydrogen (secondary N) is 2. The van der Waals surface area contributed by atoms with Crippen molar-refractivity contribution in [1.29, 1.82) is 0 Å². The van der Waals surface area contributed by atoms with Gasteiger partial charge in [0, 0.05) is 24.2 Å². The average molecular weight is 350 g/mol. The predicted octanol–water partition coefficient (Wildman–Crippen LogP) is 1.48. The number of benzene rings is 1. The number of carbonyl (C=O) groups is 1. The van der Waals surface area contributed by atoms with Gasteiger partial charge in [-0.25, -0.2) is 23.1 Å². The topological polar surface area (TPSA) is 110 Å². The van der Waals surface area contributed by atoms with E-state index in [2.05, 4.69) is 20.0 Å². The first-order chi connectivity index (χ1) is 11.3. The molecule has 2 N–H and O–H groups in total. The van der Waals surface area contributed by atoms with Gasteiger partial charge in [-0.2, -0.15) is 0 Å². The van der Waals surface area contributed by atoms with Gasteiger partial charge < -0.3 is 10.1 Å². The van der Waals surface area contributed by atoms with E-state index >= 15 is 0 Å². The first-order valence-electron chi connectivity index (χ1n) is 7.04. The van der Waals surface area contributed by atoms with E-state index in [1.54, 1.807) is 19.9 Å². The van der Waals surface area contributed by atoms with Crippen LogP contribution in [0.5, 0.6) is 0 Å². The maximum Gasteiger partial charge on any atom is 0.264 e. The maximum absolute atomic E-state index is 12.4. The molecule has 24 heavy (non-hydrogen) atoms. The van der Waals surface area contributed by atoms with Crippen LogP contribution in [0.3, 0.4) is 0 Å². The van der Waals surface area contributed by atoms with Crippen molar-refractivity contribution in [3.8, 4) is 0 Å². The minimum Gasteiger partial charge on any atom is -0.375 e. The molecule has 1 aromatic heterocycles. The van der Waals surface area contributed by atoms with Crippen LogP contribution in [0.1, 0.15) is 11.4 Å². The molecule has 0 radical (unpaired) electrons. The number of aromatic nitrogens is 2. The highest BCUT2D eigenvalue weighted by atomic mass is 32.2. The lowest BCUT2D eigenvalue weighted by Gasteiger charge is -2.09. The number of ether oxygens (including phenoxy) is 1. The van der Waals surface area contributed by atoms with Crippen LogP contribution >= 0.6 is 0 Å². The van der Waals surface area contributed by atoms with Crippen molar-refractivity contribution in [1.82, 2.24) is 9.97 Å². The molecule has 1 heterocycles. The van der Waals surface area contributed by atoms with E-state index in [-0.39, 0.29) is 23.4 Å². The molecule has 1 aromatic carbocycles. The van der Waals surface area contributed by atoms with Gasteiger partial charge in [0.25, 0.3) is 10.0 Å². The van der Waals surface area contributed by atoms with Crippen LogP contribution < -0.4 is 10.0 Å². The molecule has 0 spiro atoms. The zero-order valence-electron chi connectivity index (χ0n) is 13.5. The number of rotatable bonds is 6. The Morgan fingerprint density at radius 2 is 1.71 bits per heavy atom. The smallest absolute Gasteiger partial charge is 0.264 e. The summed E-state index contributed by atoms with van der Waals surface area (Å²) in [6.07, 6.45) is 0. The van der Waals surface area contributed by atoms with Gasteiger partial charge in [0.15, 0.2) is 0 Å². The molecule has 128 valence electrons. The van der Waals surface area contributed by atoms with Crippen LogP contribution in [0.4, 0.5) is 11.6 Å². The molecule has 8 nitrogen and oxygen atoms in total. The van der Waals surface area contributed by atoms with Crippen molar-refractivity contribution >= 4 is 27.6 Å². The normalized spacial score (nSPS) is 11.1. The van der Waals surface area contributed by atoms with E-state index in [1.807, 2.05) is 0 Å². The Hall–Kier alpha value is -2.52. The molecule has 2 rings (SSSR count). The van der Waals surface area contributed by atoms with Gasteiger partial charge >= 0.3 is 0 Å². The quantitative estimate of drug-likeness (QED) is 0.816. The second-order valence-corrected chi connectivity index (χ2v) is 6.77. The lowest BCUT2D eigenvalue weighted by Crippen LogP contribution is -2.18. The van der Waals surface area contributed by atoms with Crippen molar-refractivity contribution in [3.63, 3.8) is 0 Å². The Balaban J connectivity index is 2.16. The Morgan fingerprint density at radius 1 is 1.12 bits per heavy atom. The van der Waals surface area contributed by atoms with Gasteiger partial charge in [-0.05, 0) is 44.2 Å². The highest BCUT2D eigenvalue weighted by Gasteiger charge is 2.16. The number of carbonyl (C=O) groups excluding carboxylic acids is 1. The summed E-state index contributed by atoms with van der Waals surface area (Å²) in [6.45, 7) is 3.43. The van der Waals surface area contributed by atoms with E-state index in [9.17, 15) is 13.2 Å². The van der Waals surface area contributed by atoms with Gasteiger partial charge in [-0.1, -0.05) is 0 Å². The number of hydrogen-bond acceptors (Lipinski definition) is 6. The van der Waals surface area contributed by atoms with Gasteiger partial charge in [0.05, 0.1) is 4.90 Å². The summed E-state index contributed by atoms with van der Waals surface area (Å²) >= 11 is 0. The number of sulfonamides is 1. The van der Waals surface area contributed by atoms with Crippen LogP contribution in [0, 0.1) is 13.8 Å². The molecule has 2 aromatic rings. The molecular formula is C15H18N4O4S. The SMILES string of the molecule is COCC(=O)Nc1ccc(S(=O)(=O)Nc2nc(C)cc(C)n2)cc1. The van der Waals surface area contributed by atoms with E-state index in [1.165, 1.54) is 31.4 Å². The highest BCUT2D eigenvalue weighted by molar-refractivity contribution is 7.92. The highest BCUT2D eigenvalue weighted by Crippen LogP contribution is 2.17. The molecular weight excluding hydrogens is 332 g/mol. The molecule has 1 amide bonds. The number of hydrogen-bond donors (Lipinski definition) is 2. The Labute approximate surface area is 140 Å². The summed E-state index contributed by atoms with van der Waals surface area (Å²) in [6, 6.07) is 7.49. The first kappa shape index (κ1) is 17.8. The summed E-state index contributed by atoms with van der Waals surface area (Å²) in [4.78, 5) is 19.6. The third-order valence-electron chi connectivity index (χ3n) is 2.93. The van der Waals surface area contributed by atoms with Crippen LogP contribution in [-0.4, -0.2) is 38.0 Å². The van der Waals surface area contributed by atoms with Crippen molar-refractivity contribution in [2.45, 2.75) is 18.7 Å². The fourth-order valence-electron chi connectivity index (χ4n) is 2.00. The first-order valence-corrected chi connectivity index (χ1v) is 8.52. The van der Waals surface area contributed by atoms with Crippen LogP contribution in [0.2, 0.25) is 0 Å². The Bertz CT molecular complexity index is 815. The molecule has 0 atom stereocenters. The monoisotopic (exact) mass is 350 g/mol. The lowest BCUT2D eigenvalue weighted by atomic mass is 10.3. The number of aryl methyl sites for hydroxylation is 2. The zero-order valence-corrected chi connectivity index (χ0v) is 14.3. The summed E-state index contributed by atoms with van der Waals surface area (Å²) in [5, 5.41) is 2.58. The molecule has 0 saturated heterocycles. The fourth-order valence-corrected chi connectivity index (χ4v) is 2.94. The minimum absolute atomic E-state index is 0.0185. The van der Waals surface area contributed by atoms with Crippen molar-refractivity contribution < 1.29 is 17.9 Å². The number of anilines is 2. The summed E-state index contributed by atoms with van der Waals surface area (Å²) in [7, 11) is -2.40. The number of methoxy groups -OCH3 is 1. The molecule has 9 heteroatoms. The third-order valence-corrected chi connectivity index (χ3v) is 4.28. The molecule has 0 saturated carbocycles. The predicted molar refractivity (Wildman–Crippen MR) is 89.3 cm³/mol. The van der Waals surface area contributed by atoms with E-state index in [0.717, 1.165) is 0 Å². The van der Waals surface area contributed by atoms with Gasteiger partial charge in [0.2, 0.25) is 11.9 Å². The molecule has 0 fully saturated rings. The average Bonchev–Trinajstić information content (AvgIpc) is 2.46. The van der Waals surface area contributed by atoms with Crippen molar-refractivity contribution in [2.24, 2.45) is 0 Å². The molecule has 0 unspecified atom stereocenters. The molecule has 0 aliphatic heterocycles. The Kier molecular flexibility index (Phi) is 5.47. The third kappa shape index (κ3) is 4.74. The van der Waals surface area contributed by atoms with Crippen LogP contribution in [0.15, 0.2) is 35.2 Å². The molecule has 0 bridgehead atoms. The number of amides is 1. The maximum atomic E-state index is 12.4. The number of nitrogens with zero attached hydrogens (tertiary/aromatic N) is 2. The van der Waals surface area contributed by atoms with Crippen LogP contribution in [-0.2, 0) is 19.6 Å². The van der Waals surface area contributed by atoms with Crippen molar-refractivity contribution in [3.05, 3.63) is 41.7 Å².